The summed E-state index contributed by atoms with van der Waals surface area (Å²) in [5.74, 6) is 0.352. The van der Waals surface area contributed by atoms with Crippen LogP contribution in [0.5, 0.6) is 0 Å². The maximum absolute atomic E-state index is 14.5. The average Bonchev–Trinajstić information content (AvgIpc) is 2.76. The summed E-state index contributed by atoms with van der Waals surface area (Å²) >= 11 is 0. The molecule has 2 aromatic rings. The summed E-state index contributed by atoms with van der Waals surface area (Å²) in [6.07, 6.45) is 2.10. The molecular weight excluding hydrogens is 488 g/mol. The Morgan fingerprint density at radius 1 is 1.29 bits per heavy atom. The fraction of sp³-hybridized carbons (Fsp3) is 0.304. The molecule has 0 aliphatic rings. The van der Waals surface area contributed by atoms with Crippen molar-refractivity contribution in [2.75, 3.05) is 16.3 Å². The van der Waals surface area contributed by atoms with Crippen molar-refractivity contribution in [1.82, 2.24) is 10.3 Å². The number of amides is 1. The summed E-state index contributed by atoms with van der Waals surface area (Å²) in [4.78, 5) is 16.3. The summed E-state index contributed by atoms with van der Waals surface area (Å²) in [5.41, 5.74) is -1.47. The van der Waals surface area contributed by atoms with Crippen molar-refractivity contribution < 1.29 is 30.8 Å². The molecule has 0 bridgehead atoms. The van der Waals surface area contributed by atoms with Crippen molar-refractivity contribution in [3.8, 4) is 12.3 Å². The second kappa shape index (κ2) is 10.8. The third-order valence-electron chi connectivity index (χ3n) is 4.83. The van der Waals surface area contributed by atoms with Gasteiger partial charge in [0.2, 0.25) is 10.0 Å². The van der Waals surface area contributed by atoms with E-state index >= 15 is 0 Å². The Morgan fingerprint density at radius 2 is 1.94 bits per heavy atom. The molecule has 0 saturated heterocycles. The molecule has 1 aromatic heterocycles. The Labute approximate surface area is 201 Å². The third-order valence-corrected chi connectivity index (χ3v) is 5.40. The number of carbonyl (C=O) groups is 1. The molecular formula is C23H24F4N4O3S. The molecule has 1 atom stereocenters. The van der Waals surface area contributed by atoms with E-state index in [1.54, 1.807) is 6.92 Å². The normalized spacial score (nSPS) is 12.4. The van der Waals surface area contributed by atoms with Crippen molar-refractivity contribution in [3.05, 3.63) is 59.0 Å². The number of anilines is 2. The minimum Gasteiger partial charge on any atom is -0.367 e. The molecule has 2 rings (SSSR count). The van der Waals surface area contributed by atoms with Gasteiger partial charge in [-0.2, -0.15) is 13.2 Å². The van der Waals surface area contributed by atoms with Crippen LogP contribution in [0.2, 0.25) is 0 Å². The van der Waals surface area contributed by atoms with E-state index in [9.17, 15) is 30.8 Å². The average molecular weight is 513 g/mol. The van der Waals surface area contributed by atoms with Crippen LogP contribution >= 0.6 is 0 Å². The standard InChI is InChI=1S/C23H24F4N4O3S/c1-6-13(3)29-21-17(8-9-19(30-21)23(25,26)27)14(4)22(32)28-12-15-10-16(7-2)20(18(24)11-15)31-35(5,33)34/h2,8-11,13,31H,4,6,12H2,1,3,5H3,(H,28,32)(H,29,30). The van der Waals surface area contributed by atoms with E-state index in [4.69, 9.17) is 6.42 Å². The molecule has 1 heterocycles. The second-order valence-electron chi connectivity index (χ2n) is 7.72. The zero-order valence-corrected chi connectivity index (χ0v) is 20.0. The largest absolute Gasteiger partial charge is 0.433 e. The zero-order chi connectivity index (χ0) is 26.6. The summed E-state index contributed by atoms with van der Waals surface area (Å²) in [6, 6.07) is 3.93. The predicted octanol–water partition coefficient (Wildman–Crippen LogP) is 4.13. The van der Waals surface area contributed by atoms with E-state index in [1.807, 2.05) is 11.6 Å². The van der Waals surface area contributed by atoms with E-state index in [-0.39, 0.29) is 40.7 Å². The minimum atomic E-state index is -4.68. The third kappa shape index (κ3) is 7.45. The van der Waals surface area contributed by atoms with Gasteiger partial charge in [0, 0.05) is 23.7 Å². The highest BCUT2D eigenvalue weighted by Gasteiger charge is 2.33. The van der Waals surface area contributed by atoms with Gasteiger partial charge in [-0.3, -0.25) is 9.52 Å². The van der Waals surface area contributed by atoms with Crippen LogP contribution in [0.3, 0.4) is 0 Å². The fourth-order valence-corrected chi connectivity index (χ4v) is 3.46. The number of nitrogens with zero attached hydrogens (tertiary/aromatic N) is 1. The second-order valence-corrected chi connectivity index (χ2v) is 9.47. The van der Waals surface area contributed by atoms with Gasteiger partial charge < -0.3 is 10.6 Å². The van der Waals surface area contributed by atoms with Crippen LogP contribution in [-0.4, -0.2) is 31.6 Å². The maximum atomic E-state index is 14.5. The van der Waals surface area contributed by atoms with Crippen molar-refractivity contribution >= 4 is 33.0 Å². The first-order valence-corrected chi connectivity index (χ1v) is 12.1. The lowest BCUT2D eigenvalue weighted by Crippen LogP contribution is -2.25. The molecule has 0 fully saturated rings. The van der Waals surface area contributed by atoms with Crippen LogP contribution in [-0.2, 0) is 27.5 Å². The number of halogens is 4. The number of sulfonamides is 1. The minimum absolute atomic E-state index is 0.0685. The van der Waals surface area contributed by atoms with Crippen LogP contribution in [0, 0.1) is 18.2 Å². The number of benzene rings is 1. The molecule has 3 N–H and O–H groups in total. The first kappa shape index (κ1) is 27.7. The Morgan fingerprint density at radius 3 is 2.49 bits per heavy atom. The molecule has 35 heavy (non-hydrogen) atoms. The van der Waals surface area contributed by atoms with Crippen LogP contribution < -0.4 is 15.4 Å². The summed E-state index contributed by atoms with van der Waals surface area (Å²) < 4.78 is 78.7. The molecule has 1 unspecified atom stereocenters. The van der Waals surface area contributed by atoms with Crippen LogP contribution in [0.1, 0.15) is 42.7 Å². The predicted molar refractivity (Wildman–Crippen MR) is 126 cm³/mol. The van der Waals surface area contributed by atoms with Crippen molar-refractivity contribution in [2.45, 2.75) is 39.0 Å². The topological polar surface area (TPSA) is 100 Å². The zero-order valence-electron chi connectivity index (χ0n) is 19.2. The number of pyridine rings is 1. The molecule has 0 aliphatic carbocycles. The summed E-state index contributed by atoms with van der Waals surface area (Å²) in [7, 11) is -3.79. The van der Waals surface area contributed by atoms with Crippen LogP contribution in [0.4, 0.5) is 29.1 Å². The van der Waals surface area contributed by atoms with Gasteiger partial charge in [0.05, 0.1) is 17.5 Å². The number of rotatable bonds is 9. The van der Waals surface area contributed by atoms with Crippen molar-refractivity contribution in [1.29, 1.82) is 0 Å². The van der Waals surface area contributed by atoms with Gasteiger partial charge in [-0.1, -0.05) is 19.4 Å². The smallest absolute Gasteiger partial charge is 0.367 e. The Kier molecular flexibility index (Phi) is 8.51. The van der Waals surface area contributed by atoms with E-state index in [2.05, 4.69) is 28.1 Å². The number of nitrogens with one attached hydrogen (secondary N) is 3. The Hall–Kier alpha value is -3.59. The molecule has 7 nitrogen and oxygen atoms in total. The van der Waals surface area contributed by atoms with Crippen LogP contribution in [0.25, 0.3) is 5.57 Å². The SMILES string of the molecule is C#Cc1cc(CNC(=O)C(=C)c2ccc(C(F)(F)F)nc2NC(C)CC)cc(F)c1NS(C)(=O)=O. The maximum Gasteiger partial charge on any atom is 0.433 e. The van der Waals surface area contributed by atoms with Crippen molar-refractivity contribution in [2.24, 2.45) is 0 Å². The molecule has 0 radical (unpaired) electrons. The number of hydrogen-bond donors (Lipinski definition) is 3. The van der Waals surface area contributed by atoms with Crippen molar-refractivity contribution in [3.63, 3.8) is 0 Å². The number of hydrogen-bond acceptors (Lipinski definition) is 5. The first-order valence-electron chi connectivity index (χ1n) is 10.2. The van der Waals surface area contributed by atoms with Gasteiger partial charge in [0.15, 0.2) is 0 Å². The van der Waals surface area contributed by atoms with Crippen LogP contribution in [0.15, 0.2) is 30.8 Å². The number of aromatic nitrogens is 1. The molecule has 0 aliphatic heterocycles. The van der Waals surface area contributed by atoms with E-state index in [1.165, 1.54) is 6.07 Å². The molecule has 0 spiro atoms. The lowest BCUT2D eigenvalue weighted by atomic mass is 10.1. The molecule has 0 saturated carbocycles. The highest BCUT2D eigenvalue weighted by Crippen LogP contribution is 2.32. The molecule has 1 aromatic carbocycles. The number of carbonyl (C=O) groups excluding carboxylic acids is 1. The van der Waals surface area contributed by atoms with E-state index in [0.29, 0.717) is 6.42 Å². The molecule has 188 valence electrons. The Bertz CT molecular complexity index is 1280. The van der Waals surface area contributed by atoms with Gasteiger partial charge in [-0.25, -0.2) is 17.8 Å². The summed E-state index contributed by atoms with van der Waals surface area (Å²) in [5, 5.41) is 5.34. The Balaban J connectivity index is 2.28. The molecule has 1 amide bonds. The summed E-state index contributed by atoms with van der Waals surface area (Å²) in [6.45, 7) is 7.03. The first-order chi connectivity index (χ1) is 16.2. The van der Waals surface area contributed by atoms with E-state index < -0.39 is 39.3 Å². The monoisotopic (exact) mass is 512 g/mol. The molecule has 12 heteroatoms. The quantitative estimate of drug-likeness (QED) is 0.267. The lowest BCUT2D eigenvalue weighted by molar-refractivity contribution is -0.141. The van der Waals surface area contributed by atoms with Gasteiger partial charge in [0.1, 0.15) is 17.3 Å². The number of terminal acetylenes is 1. The highest BCUT2D eigenvalue weighted by atomic mass is 32.2. The lowest BCUT2D eigenvalue weighted by Gasteiger charge is -2.18. The van der Waals surface area contributed by atoms with E-state index in [0.717, 1.165) is 24.5 Å². The van der Waals surface area contributed by atoms with Gasteiger partial charge in [-0.15, -0.1) is 6.42 Å². The van der Waals surface area contributed by atoms with Gasteiger partial charge in [-0.05, 0) is 43.2 Å². The fourth-order valence-electron chi connectivity index (χ4n) is 2.89. The van der Waals surface area contributed by atoms with Gasteiger partial charge >= 0.3 is 6.18 Å². The number of alkyl halides is 3. The highest BCUT2D eigenvalue weighted by molar-refractivity contribution is 7.92. The van der Waals surface area contributed by atoms with Gasteiger partial charge in [0.25, 0.3) is 5.91 Å².